The van der Waals surface area contributed by atoms with Crippen molar-refractivity contribution in [1.29, 1.82) is 0 Å². The molecule has 0 radical (unpaired) electrons. The molecule has 1 rings (SSSR count). The van der Waals surface area contributed by atoms with Crippen molar-refractivity contribution in [3.8, 4) is 0 Å². The lowest BCUT2D eigenvalue weighted by Gasteiger charge is -2.26. The molecule has 0 aliphatic carbocycles. The third kappa shape index (κ3) is 5.52. The zero-order chi connectivity index (χ0) is 15.8. The predicted octanol–water partition coefficient (Wildman–Crippen LogP) is 0.941. The van der Waals surface area contributed by atoms with Gasteiger partial charge in [0.25, 0.3) is 0 Å². The number of rotatable bonds is 7. The number of para-hydroxylation sites is 1. The van der Waals surface area contributed by atoms with E-state index in [9.17, 15) is 14.4 Å². The second kappa shape index (κ2) is 7.88. The topological polar surface area (TPSA) is 113 Å². The van der Waals surface area contributed by atoms with Crippen LogP contribution < -0.4 is 16.0 Å². The van der Waals surface area contributed by atoms with Gasteiger partial charge in [0.2, 0.25) is 5.91 Å². The van der Waals surface area contributed by atoms with E-state index in [1.807, 2.05) is 6.07 Å². The van der Waals surface area contributed by atoms with Gasteiger partial charge in [0, 0.05) is 18.7 Å². The van der Waals surface area contributed by atoms with Crippen LogP contribution in [0.25, 0.3) is 0 Å². The lowest BCUT2D eigenvalue weighted by atomic mass is 10.2. The van der Waals surface area contributed by atoms with E-state index in [1.165, 1.54) is 11.8 Å². The smallest absolute Gasteiger partial charge is 0.312 e. The number of primary amides is 1. The van der Waals surface area contributed by atoms with Crippen LogP contribution in [0.1, 0.15) is 19.8 Å². The van der Waals surface area contributed by atoms with E-state index in [-0.39, 0.29) is 18.9 Å². The summed E-state index contributed by atoms with van der Waals surface area (Å²) in [6.45, 7) is 1.78. The molecule has 0 saturated heterocycles. The third-order valence-corrected chi connectivity index (χ3v) is 2.84. The highest BCUT2D eigenvalue weighted by molar-refractivity contribution is 5.98. The minimum atomic E-state index is -0.918. The number of aliphatic carboxylic acids is 1. The first-order valence-corrected chi connectivity index (χ1v) is 6.56. The fourth-order valence-electron chi connectivity index (χ4n) is 1.87. The zero-order valence-corrected chi connectivity index (χ0v) is 11.8. The number of nitrogens with two attached hydrogens (primary N) is 1. The number of amides is 3. The van der Waals surface area contributed by atoms with Crippen molar-refractivity contribution in [2.45, 2.75) is 25.8 Å². The molecule has 0 fully saturated rings. The highest BCUT2D eigenvalue weighted by atomic mass is 16.4. The Morgan fingerprint density at radius 2 is 1.90 bits per heavy atom. The van der Waals surface area contributed by atoms with Gasteiger partial charge in [-0.1, -0.05) is 18.2 Å². The van der Waals surface area contributed by atoms with E-state index in [2.05, 4.69) is 5.32 Å². The van der Waals surface area contributed by atoms with Crippen LogP contribution in [0.3, 0.4) is 0 Å². The number of nitrogens with one attached hydrogen (secondary N) is 1. The van der Waals surface area contributed by atoms with Gasteiger partial charge < -0.3 is 21.1 Å². The van der Waals surface area contributed by atoms with Crippen LogP contribution in [-0.2, 0) is 9.59 Å². The standard InChI is InChI=1S/C14H19N3O4/c1-10(16-14(15)21)13(20)17(9-5-8-12(18)19)11-6-3-2-4-7-11/h2-4,6-7,10H,5,8-9H2,1H3,(H,18,19)(H3,15,16,21). The van der Waals surface area contributed by atoms with E-state index in [4.69, 9.17) is 10.8 Å². The minimum absolute atomic E-state index is 0.0335. The fourth-order valence-corrected chi connectivity index (χ4v) is 1.87. The monoisotopic (exact) mass is 293 g/mol. The van der Waals surface area contributed by atoms with Gasteiger partial charge in [-0.25, -0.2) is 4.79 Å². The molecule has 7 heteroatoms. The van der Waals surface area contributed by atoms with Crippen LogP contribution in [0.4, 0.5) is 10.5 Å². The van der Waals surface area contributed by atoms with Gasteiger partial charge in [0.15, 0.2) is 0 Å². The predicted molar refractivity (Wildman–Crippen MR) is 77.8 cm³/mol. The normalized spacial score (nSPS) is 11.5. The Hall–Kier alpha value is -2.57. The number of urea groups is 1. The number of hydrogen-bond acceptors (Lipinski definition) is 3. The maximum Gasteiger partial charge on any atom is 0.312 e. The van der Waals surface area contributed by atoms with Crippen molar-refractivity contribution < 1.29 is 19.5 Å². The van der Waals surface area contributed by atoms with Crippen LogP contribution in [0.15, 0.2) is 30.3 Å². The molecule has 0 spiro atoms. The first kappa shape index (κ1) is 16.5. The Morgan fingerprint density at radius 1 is 1.29 bits per heavy atom. The van der Waals surface area contributed by atoms with Crippen molar-refractivity contribution in [3.05, 3.63) is 30.3 Å². The first-order valence-electron chi connectivity index (χ1n) is 6.56. The summed E-state index contributed by atoms with van der Waals surface area (Å²) in [6, 6.07) is 7.29. The Labute approximate surface area is 122 Å². The van der Waals surface area contributed by atoms with Crippen LogP contribution in [0.2, 0.25) is 0 Å². The van der Waals surface area contributed by atoms with Gasteiger partial charge in [-0.2, -0.15) is 0 Å². The molecular weight excluding hydrogens is 274 g/mol. The molecule has 114 valence electrons. The summed E-state index contributed by atoms with van der Waals surface area (Å²) in [5.74, 6) is -1.26. The second-order valence-electron chi connectivity index (χ2n) is 4.55. The highest BCUT2D eigenvalue weighted by Gasteiger charge is 2.22. The molecule has 1 aromatic carbocycles. The summed E-state index contributed by atoms with van der Waals surface area (Å²) in [7, 11) is 0. The molecule has 1 atom stereocenters. The number of anilines is 1. The van der Waals surface area contributed by atoms with Crippen molar-refractivity contribution >= 4 is 23.6 Å². The Bertz CT molecular complexity index is 504. The van der Waals surface area contributed by atoms with E-state index < -0.39 is 18.0 Å². The SMILES string of the molecule is CC(NC(N)=O)C(=O)N(CCCC(=O)O)c1ccccc1. The Balaban J connectivity index is 2.83. The van der Waals surface area contributed by atoms with E-state index >= 15 is 0 Å². The Kier molecular flexibility index (Phi) is 6.19. The van der Waals surface area contributed by atoms with Gasteiger partial charge >= 0.3 is 12.0 Å². The van der Waals surface area contributed by atoms with E-state index in [0.717, 1.165) is 0 Å². The lowest BCUT2D eigenvalue weighted by Crippen LogP contribution is -2.49. The lowest BCUT2D eigenvalue weighted by molar-refractivity contribution is -0.137. The minimum Gasteiger partial charge on any atom is -0.481 e. The summed E-state index contributed by atoms with van der Waals surface area (Å²) in [5.41, 5.74) is 5.66. The molecule has 4 N–H and O–H groups in total. The summed E-state index contributed by atoms with van der Waals surface area (Å²) in [6.07, 6.45) is 0.285. The zero-order valence-electron chi connectivity index (χ0n) is 11.8. The van der Waals surface area contributed by atoms with Gasteiger partial charge in [0.1, 0.15) is 6.04 Å². The quantitative estimate of drug-likeness (QED) is 0.694. The van der Waals surface area contributed by atoms with E-state index in [1.54, 1.807) is 24.3 Å². The molecule has 0 aliphatic rings. The van der Waals surface area contributed by atoms with Crippen molar-refractivity contribution in [2.75, 3.05) is 11.4 Å². The number of carboxylic acids is 1. The number of benzene rings is 1. The van der Waals surface area contributed by atoms with Gasteiger partial charge in [0.05, 0.1) is 0 Å². The summed E-state index contributed by atoms with van der Waals surface area (Å²) < 4.78 is 0. The van der Waals surface area contributed by atoms with Crippen LogP contribution in [0, 0.1) is 0 Å². The number of carbonyl (C=O) groups is 3. The molecule has 7 nitrogen and oxygen atoms in total. The van der Waals surface area contributed by atoms with E-state index in [0.29, 0.717) is 12.1 Å². The molecule has 1 unspecified atom stereocenters. The number of hydrogen-bond donors (Lipinski definition) is 3. The van der Waals surface area contributed by atoms with Crippen molar-refractivity contribution in [3.63, 3.8) is 0 Å². The molecular formula is C14H19N3O4. The molecule has 1 aromatic rings. The molecule has 0 heterocycles. The third-order valence-electron chi connectivity index (χ3n) is 2.84. The van der Waals surface area contributed by atoms with Crippen LogP contribution in [0.5, 0.6) is 0 Å². The highest BCUT2D eigenvalue weighted by Crippen LogP contribution is 2.15. The van der Waals surface area contributed by atoms with Crippen LogP contribution >= 0.6 is 0 Å². The van der Waals surface area contributed by atoms with Gasteiger partial charge in [-0.05, 0) is 25.5 Å². The molecule has 0 aliphatic heterocycles. The first-order chi connectivity index (χ1) is 9.91. The van der Waals surface area contributed by atoms with Gasteiger partial charge in [-0.3, -0.25) is 9.59 Å². The average molecular weight is 293 g/mol. The fraction of sp³-hybridized carbons (Fsp3) is 0.357. The van der Waals surface area contributed by atoms with Gasteiger partial charge in [-0.15, -0.1) is 0 Å². The van der Waals surface area contributed by atoms with Crippen molar-refractivity contribution in [1.82, 2.24) is 5.32 Å². The number of nitrogens with zero attached hydrogens (tertiary/aromatic N) is 1. The Morgan fingerprint density at radius 3 is 2.43 bits per heavy atom. The maximum atomic E-state index is 12.4. The average Bonchev–Trinajstić information content (AvgIpc) is 2.43. The molecule has 0 saturated carbocycles. The van der Waals surface area contributed by atoms with Crippen LogP contribution in [-0.4, -0.2) is 35.6 Å². The number of carbonyl (C=O) groups excluding carboxylic acids is 2. The molecule has 0 bridgehead atoms. The summed E-state index contributed by atoms with van der Waals surface area (Å²) >= 11 is 0. The largest absolute Gasteiger partial charge is 0.481 e. The molecule has 3 amide bonds. The summed E-state index contributed by atoms with van der Waals surface area (Å²) in [4.78, 5) is 35.2. The molecule has 21 heavy (non-hydrogen) atoms. The maximum absolute atomic E-state index is 12.4. The second-order valence-corrected chi connectivity index (χ2v) is 4.55. The molecule has 0 aromatic heterocycles. The van der Waals surface area contributed by atoms with Crippen molar-refractivity contribution in [2.24, 2.45) is 5.73 Å². The summed E-state index contributed by atoms with van der Waals surface area (Å²) in [5, 5.41) is 11.0. The number of carboxylic acid groups (broad SMARTS) is 1.